The number of carbonyl (C=O) groups is 2. The third kappa shape index (κ3) is 9.91. The van der Waals surface area contributed by atoms with Crippen molar-refractivity contribution < 1.29 is 24.0 Å². The second kappa shape index (κ2) is 15.7. The minimum atomic E-state index is -0.561. The van der Waals surface area contributed by atoms with Crippen LogP contribution in [0, 0.1) is 10.1 Å². The first-order chi connectivity index (χ1) is 24.4. The summed E-state index contributed by atoms with van der Waals surface area (Å²) in [7, 11) is 0. The average Bonchev–Trinajstić information content (AvgIpc) is 3.72. The summed E-state index contributed by atoms with van der Waals surface area (Å²) in [6, 6.07) is 11.4. The number of aromatic nitrogens is 2. The molecule has 0 spiro atoms. The van der Waals surface area contributed by atoms with Crippen molar-refractivity contribution in [3.63, 3.8) is 0 Å². The van der Waals surface area contributed by atoms with Crippen molar-refractivity contribution >= 4 is 88.6 Å². The number of nitrogens with one attached hydrogen (secondary N) is 2. The van der Waals surface area contributed by atoms with E-state index in [0.717, 1.165) is 32.0 Å². The number of hydrogen-bond acceptors (Lipinski definition) is 11. The number of fused-ring (bicyclic) bond motifs is 2. The van der Waals surface area contributed by atoms with Crippen molar-refractivity contribution in [2.24, 2.45) is 0 Å². The van der Waals surface area contributed by atoms with Crippen molar-refractivity contribution in [3.8, 4) is 0 Å². The summed E-state index contributed by atoms with van der Waals surface area (Å²) >= 11 is 6.90. The number of carbonyl (C=O) groups excluding carboxylic acids is 2. The van der Waals surface area contributed by atoms with Gasteiger partial charge in [0, 0.05) is 58.0 Å². The van der Waals surface area contributed by atoms with Gasteiger partial charge < -0.3 is 35.6 Å². The molecule has 2 aliphatic heterocycles. The molecule has 0 aliphatic carbocycles. The molecule has 278 valence electrons. The molecule has 14 nitrogen and oxygen atoms in total. The molecule has 4 aromatic rings. The molecule has 0 saturated carbocycles. The number of nitrogen functional groups attached to an aromatic ring is 1. The summed E-state index contributed by atoms with van der Waals surface area (Å²) < 4.78 is 12.6. The molecular weight excluding hydrogens is 800 g/mol. The van der Waals surface area contributed by atoms with Crippen molar-refractivity contribution in [1.82, 2.24) is 19.8 Å². The topological polar surface area (TPSA) is 178 Å². The van der Waals surface area contributed by atoms with Gasteiger partial charge in [-0.3, -0.25) is 15.1 Å². The molecule has 6 rings (SSSR count). The summed E-state index contributed by atoms with van der Waals surface area (Å²) in [6.45, 7) is 13.3. The van der Waals surface area contributed by atoms with Crippen LogP contribution in [0.3, 0.4) is 0 Å². The van der Waals surface area contributed by atoms with Gasteiger partial charge in [-0.25, -0.2) is 14.6 Å². The molecule has 2 saturated heterocycles. The van der Waals surface area contributed by atoms with Crippen LogP contribution in [0.1, 0.15) is 54.4 Å². The summed E-state index contributed by atoms with van der Waals surface area (Å²) in [6.07, 6.45) is 3.80. The van der Waals surface area contributed by atoms with Crippen LogP contribution in [-0.2, 0) is 9.47 Å². The molecule has 52 heavy (non-hydrogen) atoms. The Bertz CT molecular complexity index is 1980. The van der Waals surface area contributed by atoms with E-state index in [1.54, 1.807) is 28.1 Å². The Balaban J connectivity index is 0.000000202. The van der Waals surface area contributed by atoms with E-state index in [4.69, 9.17) is 15.2 Å². The first kappa shape index (κ1) is 38.8. The third-order valence-electron chi connectivity index (χ3n) is 8.24. The van der Waals surface area contributed by atoms with Crippen LogP contribution in [0.2, 0.25) is 0 Å². The van der Waals surface area contributed by atoms with Gasteiger partial charge in [-0.1, -0.05) is 31.9 Å². The van der Waals surface area contributed by atoms with E-state index >= 15 is 0 Å². The van der Waals surface area contributed by atoms with E-state index in [2.05, 4.69) is 52.5 Å². The fourth-order valence-corrected chi connectivity index (χ4v) is 6.66. The second-order valence-corrected chi connectivity index (χ2v) is 16.6. The van der Waals surface area contributed by atoms with Gasteiger partial charge in [-0.2, -0.15) is 0 Å². The number of hydrogen-bond donors (Lipinski definition) is 3. The maximum Gasteiger partial charge on any atom is 0.410 e. The largest absolute Gasteiger partial charge is 0.444 e. The summed E-state index contributed by atoms with van der Waals surface area (Å²) in [5, 5.41) is 19.9. The van der Waals surface area contributed by atoms with Gasteiger partial charge in [0.2, 0.25) is 0 Å². The number of pyridine rings is 2. The zero-order chi connectivity index (χ0) is 38.0. The third-order valence-corrected chi connectivity index (χ3v) is 9.23. The van der Waals surface area contributed by atoms with E-state index in [9.17, 15) is 19.7 Å². The van der Waals surface area contributed by atoms with Crippen LogP contribution in [0.4, 0.5) is 32.3 Å². The highest BCUT2D eigenvalue weighted by Crippen LogP contribution is 2.35. The van der Waals surface area contributed by atoms with Crippen LogP contribution in [0.5, 0.6) is 0 Å². The van der Waals surface area contributed by atoms with Crippen molar-refractivity contribution in [2.75, 3.05) is 42.5 Å². The van der Waals surface area contributed by atoms with Crippen LogP contribution >= 0.6 is 31.9 Å². The molecule has 2 fully saturated rings. The zero-order valence-electron chi connectivity index (χ0n) is 30.0. The Hall–Kier alpha value is -4.44. The Kier molecular flexibility index (Phi) is 11.7. The van der Waals surface area contributed by atoms with Gasteiger partial charge in [0.25, 0.3) is 0 Å². The lowest BCUT2D eigenvalue weighted by molar-refractivity contribution is -0.384. The SMILES string of the molecule is CC(C)(C)OC(=O)N1CCC(Nc2c(N)cnc3ccc(Br)cc23)C1.CC(C)(C)OC(=O)N1CCC(Nc2c([N+](=O)[O-])cnc3ccc(Br)cc23)C1. The first-order valence-electron chi connectivity index (χ1n) is 16.9. The minimum Gasteiger partial charge on any atom is -0.444 e. The smallest absolute Gasteiger partial charge is 0.410 e. The predicted octanol–water partition coefficient (Wildman–Crippen LogP) is 8.33. The fourth-order valence-electron chi connectivity index (χ4n) is 5.93. The molecule has 2 atom stereocenters. The molecule has 2 aromatic carbocycles. The Labute approximate surface area is 319 Å². The molecule has 4 heterocycles. The van der Waals surface area contributed by atoms with Gasteiger partial charge in [-0.05, 0) is 90.8 Å². The van der Waals surface area contributed by atoms with Crippen molar-refractivity contribution in [3.05, 3.63) is 67.9 Å². The standard InChI is InChI=1S/C18H21BrN4O4.C18H23BrN4O2/c1-18(2,3)27-17(24)22-7-6-12(10-22)21-16-13-8-11(19)4-5-14(13)20-9-15(16)23(25)26;1-18(2,3)25-17(24)23-7-6-12(10-23)22-16-13-8-11(19)4-5-15(13)21-9-14(16)20/h4-5,8-9,12H,6-7,10H2,1-3H3,(H,20,21);4-5,8-9,12H,6-7,10,20H2,1-3H3,(H,21,22). The second-order valence-electron chi connectivity index (χ2n) is 14.8. The van der Waals surface area contributed by atoms with Crippen molar-refractivity contribution in [1.29, 1.82) is 0 Å². The number of ether oxygens (including phenoxy) is 2. The van der Waals surface area contributed by atoms with E-state index in [-0.39, 0.29) is 30.0 Å². The number of rotatable bonds is 5. The molecule has 2 aromatic heterocycles. The molecule has 0 radical (unpaired) electrons. The average molecular weight is 845 g/mol. The van der Waals surface area contributed by atoms with Gasteiger partial charge in [0.05, 0.1) is 33.5 Å². The predicted molar refractivity (Wildman–Crippen MR) is 210 cm³/mol. The Morgan fingerprint density at radius 3 is 1.71 bits per heavy atom. The Morgan fingerprint density at radius 2 is 1.25 bits per heavy atom. The number of amides is 2. The summed E-state index contributed by atoms with van der Waals surface area (Å²) in [5.41, 5.74) is 8.43. The van der Waals surface area contributed by atoms with Crippen LogP contribution in [-0.4, -0.2) is 86.3 Å². The molecule has 2 aliphatic rings. The molecule has 4 N–H and O–H groups in total. The zero-order valence-corrected chi connectivity index (χ0v) is 33.2. The van der Waals surface area contributed by atoms with Gasteiger partial charge >= 0.3 is 17.9 Å². The summed E-state index contributed by atoms with van der Waals surface area (Å²) in [4.78, 5) is 47.4. The minimum absolute atomic E-state index is 0.0867. The molecule has 0 bridgehead atoms. The maximum atomic E-state index is 12.2. The van der Waals surface area contributed by atoms with Gasteiger partial charge in [0.1, 0.15) is 23.1 Å². The Morgan fingerprint density at radius 1 is 0.808 bits per heavy atom. The summed E-state index contributed by atoms with van der Waals surface area (Å²) in [5.74, 6) is 0. The van der Waals surface area contributed by atoms with Gasteiger partial charge in [0.15, 0.2) is 0 Å². The quantitative estimate of drug-likeness (QED) is 0.130. The molecule has 2 amide bonds. The highest BCUT2D eigenvalue weighted by atomic mass is 79.9. The lowest BCUT2D eigenvalue weighted by atomic mass is 10.1. The van der Waals surface area contributed by atoms with E-state index < -0.39 is 16.1 Å². The number of halogens is 2. The monoisotopic (exact) mass is 842 g/mol. The first-order valence-corrected chi connectivity index (χ1v) is 18.5. The van der Waals surface area contributed by atoms with Crippen LogP contribution in [0.25, 0.3) is 21.8 Å². The number of anilines is 3. The molecule has 2 unspecified atom stereocenters. The van der Waals surface area contributed by atoms with Crippen molar-refractivity contribution in [2.45, 2.75) is 77.7 Å². The van der Waals surface area contributed by atoms with Crippen LogP contribution < -0.4 is 16.4 Å². The van der Waals surface area contributed by atoms with E-state index in [1.165, 1.54) is 6.20 Å². The van der Waals surface area contributed by atoms with E-state index in [1.807, 2.05) is 65.8 Å². The van der Waals surface area contributed by atoms with Crippen LogP contribution in [0.15, 0.2) is 57.7 Å². The fraction of sp³-hybridized carbons (Fsp3) is 0.444. The normalized spacial score (nSPS) is 17.5. The number of benzene rings is 2. The van der Waals surface area contributed by atoms with E-state index in [0.29, 0.717) is 54.9 Å². The highest BCUT2D eigenvalue weighted by molar-refractivity contribution is 9.10. The highest BCUT2D eigenvalue weighted by Gasteiger charge is 2.32. The molecular formula is C36H44Br2N8O6. The number of nitro groups is 1. The maximum absolute atomic E-state index is 12.2. The number of nitrogens with two attached hydrogens (primary N) is 1. The number of nitrogens with zero attached hydrogens (tertiary/aromatic N) is 5. The lowest BCUT2D eigenvalue weighted by Gasteiger charge is -2.24. The molecule has 16 heteroatoms. The van der Waals surface area contributed by atoms with Gasteiger partial charge in [-0.15, -0.1) is 0 Å². The number of likely N-dealkylation sites (tertiary alicyclic amines) is 2. The lowest BCUT2D eigenvalue weighted by Crippen LogP contribution is -2.36.